The predicted octanol–water partition coefficient (Wildman–Crippen LogP) is 2.59. The van der Waals surface area contributed by atoms with Crippen molar-refractivity contribution >= 4 is 17.4 Å². The molecule has 5 nitrogen and oxygen atoms in total. The zero-order valence-electron chi connectivity index (χ0n) is 11.7. The maximum atomic E-state index is 6.11. The van der Waals surface area contributed by atoms with E-state index in [9.17, 15) is 0 Å². The number of hydrogen-bond donors (Lipinski definition) is 0. The van der Waals surface area contributed by atoms with Crippen molar-refractivity contribution in [3.63, 3.8) is 0 Å². The highest BCUT2D eigenvalue weighted by Gasteiger charge is 2.29. The molecule has 0 N–H and O–H groups in total. The fourth-order valence-corrected chi connectivity index (χ4v) is 2.88. The van der Waals surface area contributed by atoms with Crippen LogP contribution in [-0.4, -0.2) is 32.6 Å². The SMILES string of the molecule is CC(C)c1nccn1CC1CN(c2ncncc2Cl)C1. The zero-order valence-corrected chi connectivity index (χ0v) is 12.5. The highest BCUT2D eigenvalue weighted by atomic mass is 35.5. The third kappa shape index (κ3) is 2.50. The molecule has 1 saturated heterocycles. The molecule has 106 valence electrons. The Balaban J connectivity index is 1.61. The van der Waals surface area contributed by atoms with Crippen LogP contribution in [0.1, 0.15) is 25.6 Å². The molecular formula is C14H18ClN5. The summed E-state index contributed by atoms with van der Waals surface area (Å²) in [5, 5.41) is 0.622. The van der Waals surface area contributed by atoms with Crippen molar-refractivity contribution in [3.8, 4) is 0 Å². The molecule has 3 rings (SSSR count). The van der Waals surface area contributed by atoms with Crippen LogP contribution in [0, 0.1) is 5.92 Å². The van der Waals surface area contributed by atoms with Crippen LogP contribution < -0.4 is 4.90 Å². The second-order valence-corrected chi connectivity index (χ2v) is 5.96. The molecular weight excluding hydrogens is 274 g/mol. The number of aromatic nitrogens is 4. The molecule has 0 amide bonds. The number of hydrogen-bond acceptors (Lipinski definition) is 4. The summed E-state index contributed by atoms with van der Waals surface area (Å²) in [6.45, 7) is 7.31. The number of rotatable bonds is 4. The Morgan fingerprint density at radius 1 is 1.35 bits per heavy atom. The van der Waals surface area contributed by atoms with Gasteiger partial charge in [-0.25, -0.2) is 15.0 Å². The van der Waals surface area contributed by atoms with Crippen molar-refractivity contribution in [3.05, 3.63) is 35.8 Å². The monoisotopic (exact) mass is 291 g/mol. The fraction of sp³-hybridized carbons (Fsp3) is 0.500. The average Bonchev–Trinajstić information content (AvgIpc) is 2.83. The summed E-state index contributed by atoms with van der Waals surface area (Å²) in [4.78, 5) is 14.8. The molecule has 0 saturated carbocycles. The van der Waals surface area contributed by atoms with E-state index in [-0.39, 0.29) is 0 Å². The Hall–Kier alpha value is -1.62. The molecule has 2 aromatic rings. The third-order valence-corrected chi connectivity index (χ3v) is 3.89. The molecule has 0 bridgehead atoms. The Morgan fingerprint density at radius 3 is 2.85 bits per heavy atom. The van der Waals surface area contributed by atoms with E-state index in [4.69, 9.17) is 11.6 Å². The Labute approximate surface area is 123 Å². The second kappa shape index (κ2) is 5.40. The van der Waals surface area contributed by atoms with Gasteiger partial charge in [0, 0.05) is 43.9 Å². The number of halogens is 1. The van der Waals surface area contributed by atoms with Crippen LogP contribution in [-0.2, 0) is 6.54 Å². The second-order valence-electron chi connectivity index (χ2n) is 5.56. The highest BCUT2D eigenvalue weighted by Crippen LogP contribution is 2.29. The molecule has 0 unspecified atom stereocenters. The van der Waals surface area contributed by atoms with Crippen LogP contribution in [0.4, 0.5) is 5.82 Å². The zero-order chi connectivity index (χ0) is 14.1. The van der Waals surface area contributed by atoms with Gasteiger partial charge >= 0.3 is 0 Å². The summed E-state index contributed by atoms with van der Waals surface area (Å²) < 4.78 is 2.26. The molecule has 6 heteroatoms. The predicted molar refractivity (Wildman–Crippen MR) is 79.1 cm³/mol. The number of nitrogens with zero attached hydrogens (tertiary/aromatic N) is 5. The van der Waals surface area contributed by atoms with E-state index in [1.165, 1.54) is 0 Å². The van der Waals surface area contributed by atoms with Crippen molar-refractivity contribution in [2.24, 2.45) is 5.92 Å². The molecule has 20 heavy (non-hydrogen) atoms. The minimum absolute atomic E-state index is 0.456. The maximum absolute atomic E-state index is 6.11. The van der Waals surface area contributed by atoms with E-state index in [2.05, 4.69) is 44.5 Å². The Bertz CT molecular complexity index is 589. The molecule has 0 aliphatic carbocycles. The van der Waals surface area contributed by atoms with Crippen molar-refractivity contribution < 1.29 is 0 Å². The first-order chi connectivity index (χ1) is 9.65. The fourth-order valence-electron chi connectivity index (χ4n) is 2.65. The van der Waals surface area contributed by atoms with Crippen LogP contribution in [0.3, 0.4) is 0 Å². The van der Waals surface area contributed by atoms with Crippen molar-refractivity contribution in [2.45, 2.75) is 26.3 Å². The molecule has 0 radical (unpaired) electrons. The molecule has 1 aliphatic rings. The standard InChI is InChI=1S/C14H18ClN5/c1-10(2)13-17-3-4-19(13)6-11-7-20(8-11)14-12(15)5-16-9-18-14/h3-5,9-11H,6-8H2,1-2H3. The van der Waals surface area contributed by atoms with E-state index in [1.54, 1.807) is 12.5 Å². The lowest BCUT2D eigenvalue weighted by molar-refractivity contribution is 0.348. The maximum Gasteiger partial charge on any atom is 0.150 e. The molecule has 0 atom stereocenters. The molecule has 3 heterocycles. The lowest BCUT2D eigenvalue weighted by Crippen LogP contribution is -2.49. The van der Waals surface area contributed by atoms with Gasteiger partial charge in [0.15, 0.2) is 5.82 Å². The normalized spacial score (nSPS) is 15.7. The van der Waals surface area contributed by atoms with E-state index in [1.807, 2.05) is 6.20 Å². The molecule has 1 fully saturated rings. The van der Waals surface area contributed by atoms with Gasteiger partial charge in [-0.2, -0.15) is 0 Å². The summed E-state index contributed by atoms with van der Waals surface area (Å²) in [5.74, 6) is 3.07. The summed E-state index contributed by atoms with van der Waals surface area (Å²) in [7, 11) is 0. The Morgan fingerprint density at radius 2 is 2.15 bits per heavy atom. The van der Waals surface area contributed by atoms with Gasteiger partial charge in [0.25, 0.3) is 0 Å². The number of anilines is 1. The van der Waals surface area contributed by atoms with E-state index < -0.39 is 0 Å². The Kier molecular flexibility index (Phi) is 3.61. The summed E-state index contributed by atoms with van der Waals surface area (Å²) in [6, 6.07) is 0. The quantitative estimate of drug-likeness (QED) is 0.869. The van der Waals surface area contributed by atoms with Crippen molar-refractivity contribution in [2.75, 3.05) is 18.0 Å². The average molecular weight is 292 g/mol. The van der Waals surface area contributed by atoms with E-state index in [0.29, 0.717) is 16.9 Å². The molecule has 0 aromatic carbocycles. The highest BCUT2D eigenvalue weighted by molar-refractivity contribution is 6.32. The minimum Gasteiger partial charge on any atom is -0.354 e. The first-order valence-electron chi connectivity index (χ1n) is 6.86. The molecule has 0 spiro atoms. The van der Waals surface area contributed by atoms with Crippen LogP contribution in [0.2, 0.25) is 5.02 Å². The van der Waals surface area contributed by atoms with Crippen LogP contribution in [0.25, 0.3) is 0 Å². The van der Waals surface area contributed by atoms with Crippen LogP contribution in [0.15, 0.2) is 24.9 Å². The van der Waals surface area contributed by atoms with Crippen molar-refractivity contribution in [1.29, 1.82) is 0 Å². The van der Waals surface area contributed by atoms with E-state index in [0.717, 1.165) is 31.3 Å². The van der Waals surface area contributed by atoms with Gasteiger partial charge in [-0.05, 0) is 0 Å². The lowest BCUT2D eigenvalue weighted by atomic mass is 10.00. The van der Waals surface area contributed by atoms with Gasteiger partial charge in [0.05, 0.1) is 6.20 Å². The summed E-state index contributed by atoms with van der Waals surface area (Å²) in [5.41, 5.74) is 0. The van der Waals surface area contributed by atoms with Gasteiger partial charge in [0.2, 0.25) is 0 Å². The van der Waals surface area contributed by atoms with Gasteiger partial charge in [-0.1, -0.05) is 25.4 Å². The van der Waals surface area contributed by atoms with E-state index >= 15 is 0 Å². The lowest BCUT2D eigenvalue weighted by Gasteiger charge is -2.40. The molecule has 1 aliphatic heterocycles. The summed E-state index contributed by atoms with van der Waals surface area (Å²) in [6.07, 6.45) is 7.13. The van der Waals surface area contributed by atoms with Gasteiger partial charge in [-0.3, -0.25) is 0 Å². The first kappa shape index (κ1) is 13.4. The minimum atomic E-state index is 0.456. The smallest absolute Gasteiger partial charge is 0.150 e. The van der Waals surface area contributed by atoms with Crippen LogP contribution in [0.5, 0.6) is 0 Å². The van der Waals surface area contributed by atoms with Gasteiger partial charge in [-0.15, -0.1) is 0 Å². The van der Waals surface area contributed by atoms with Crippen LogP contribution >= 0.6 is 11.6 Å². The molecule has 2 aromatic heterocycles. The number of imidazole rings is 1. The van der Waals surface area contributed by atoms with Gasteiger partial charge < -0.3 is 9.47 Å². The van der Waals surface area contributed by atoms with Gasteiger partial charge in [0.1, 0.15) is 17.2 Å². The third-order valence-electron chi connectivity index (χ3n) is 3.62. The largest absolute Gasteiger partial charge is 0.354 e. The first-order valence-corrected chi connectivity index (χ1v) is 7.24. The summed E-state index contributed by atoms with van der Waals surface area (Å²) >= 11 is 6.11. The van der Waals surface area contributed by atoms with Crippen molar-refractivity contribution in [1.82, 2.24) is 19.5 Å². The topological polar surface area (TPSA) is 46.8 Å².